The summed E-state index contributed by atoms with van der Waals surface area (Å²) in [7, 11) is 0. The van der Waals surface area contributed by atoms with Gasteiger partial charge in [-0.1, -0.05) is 12.1 Å². The summed E-state index contributed by atoms with van der Waals surface area (Å²) in [5.41, 5.74) is 3.88. The molecule has 0 fully saturated rings. The Kier molecular flexibility index (Phi) is 4.76. The van der Waals surface area contributed by atoms with Gasteiger partial charge < -0.3 is 14.3 Å². The molecular formula is C23H19FN2O3. The number of fused-ring (bicyclic) bond motifs is 1. The quantitative estimate of drug-likeness (QED) is 0.548. The van der Waals surface area contributed by atoms with E-state index in [1.807, 2.05) is 31.2 Å². The maximum Gasteiger partial charge on any atom is 0.335 e. The minimum Gasteiger partial charge on any atom is -0.430 e. The summed E-state index contributed by atoms with van der Waals surface area (Å²) in [5.74, 6) is -0.708. The van der Waals surface area contributed by atoms with Gasteiger partial charge >= 0.3 is 5.63 Å². The highest BCUT2D eigenvalue weighted by Crippen LogP contribution is 2.28. The van der Waals surface area contributed by atoms with Gasteiger partial charge in [0.05, 0.1) is 12.1 Å². The largest absolute Gasteiger partial charge is 0.430 e. The van der Waals surface area contributed by atoms with E-state index in [1.54, 1.807) is 17.9 Å². The Labute approximate surface area is 166 Å². The number of carbonyl (C=O) groups excluding carboxylic acids is 1. The number of anilines is 1. The van der Waals surface area contributed by atoms with Gasteiger partial charge in [0.15, 0.2) is 0 Å². The number of nitrogens with one attached hydrogen (secondary N) is 1. The third kappa shape index (κ3) is 3.69. The summed E-state index contributed by atoms with van der Waals surface area (Å²) in [6, 6.07) is 14.8. The number of rotatable bonds is 4. The van der Waals surface area contributed by atoms with Gasteiger partial charge in [-0.05, 0) is 61.4 Å². The maximum atomic E-state index is 13.7. The van der Waals surface area contributed by atoms with Crippen LogP contribution in [0.3, 0.4) is 0 Å². The second-order valence-corrected chi connectivity index (χ2v) is 7.00. The molecule has 2 aromatic heterocycles. The van der Waals surface area contributed by atoms with Crippen molar-refractivity contribution in [1.82, 2.24) is 4.98 Å². The second-order valence-electron chi connectivity index (χ2n) is 7.00. The molecule has 0 aliphatic heterocycles. The zero-order valence-corrected chi connectivity index (χ0v) is 16.0. The average Bonchev–Trinajstić information content (AvgIpc) is 3.08. The Morgan fingerprint density at radius 2 is 1.93 bits per heavy atom. The van der Waals surface area contributed by atoms with E-state index in [9.17, 15) is 14.0 Å². The van der Waals surface area contributed by atoms with Crippen molar-refractivity contribution >= 4 is 22.5 Å². The Hall–Kier alpha value is -3.67. The van der Waals surface area contributed by atoms with Crippen molar-refractivity contribution < 1.29 is 13.6 Å². The molecule has 2 heterocycles. The van der Waals surface area contributed by atoms with Crippen LogP contribution in [-0.2, 0) is 6.54 Å². The molecule has 0 radical (unpaired) electrons. The van der Waals surface area contributed by atoms with E-state index in [0.29, 0.717) is 11.3 Å². The molecule has 2 aromatic carbocycles. The molecule has 0 aliphatic carbocycles. The lowest BCUT2D eigenvalue weighted by atomic mass is 10.1. The minimum atomic E-state index is -0.529. The number of carbonyl (C=O) groups is 1. The van der Waals surface area contributed by atoms with Crippen LogP contribution in [0.1, 0.15) is 27.2 Å². The highest BCUT2D eigenvalue weighted by atomic mass is 19.1. The Morgan fingerprint density at radius 1 is 1.10 bits per heavy atom. The monoisotopic (exact) mass is 390 g/mol. The molecule has 0 spiro atoms. The van der Waals surface area contributed by atoms with E-state index in [1.165, 1.54) is 24.3 Å². The number of amides is 1. The number of hydrogen-bond donors (Lipinski definition) is 1. The average molecular weight is 390 g/mol. The van der Waals surface area contributed by atoms with Gasteiger partial charge in [0.2, 0.25) is 0 Å². The fourth-order valence-electron chi connectivity index (χ4n) is 3.49. The number of halogens is 1. The van der Waals surface area contributed by atoms with Crippen LogP contribution in [0.15, 0.2) is 70.1 Å². The van der Waals surface area contributed by atoms with Crippen LogP contribution < -0.4 is 10.5 Å². The van der Waals surface area contributed by atoms with E-state index >= 15 is 0 Å². The smallest absolute Gasteiger partial charge is 0.335 e. The van der Waals surface area contributed by atoms with E-state index in [4.69, 9.17) is 4.42 Å². The minimum absolute atomic E-state index is 0.241. The number of aryl methyl sites for hydroxylation is 2. The van der Waals surface area contributed by atoms with Crippen molar-refractivity contribution in [2.24, 2.45) is 0 Å². The van der Waals surface area contributed by atoms with Crippen LogP contribution >= 0.6 is 0 Å². The van der Waals surface area contributed by atoms with Crippen molar-refractivity contribution in [3.05, 3.63) is 99.5 Å². The number of hydrogen-bond acceptors (Lipinski definition) is 3. The molecule has 4 aromatic rings. The molecule has 146 valence electrons. The van der Waals surface area contributed by atoms with Crippen molar-refractivity contribution in [2.75, 3.05) is 4.90 Å². The summed E-state index contributed by atoms with van der Waals surface area (Å²) >= 11 is 0. The number of H-pyrrole nitrogens is 1. The molecule has 6 heteroatoms. The first kappa shape index (κ1) is 18.7. The number of benzene rings is 2. The molecule has 0 saturated carbocycles. The fraction of sp³-hybridized carbons (Fsp3) is 0.130. The Balaban J connectivity index is 1.82. The summed E-state index contributed by atoms with van der Waals surface area (Å²) < 4.78 is 18.5. The molecule has 0 unspecified atom stereocenters. The predicted octanol–water partition coefficient (Wildman–Crippen LogP) is 4.72. The lowest BCUT2D eigenvalue weighted by molar-refractivity contribution is 0.0982. The first-order chi connectivity index (χ1) is 13.9. The molecule has 1 N–H and O–H groups in total. The molecule has 0 aliphatic rings. The van der Waals surface area contributed by atoms with Crippen molar-refractivity contribution in [2.45, 2.75) is 20.4 Å². The van der Waals surface area contributed by atoms with Crippen LogP contribution in [0.2, 0.25) is 0 Å². The van der Waals surface area contributed by atoms with Crippen LogP contribution in [0.4, 0.5) is 10.1 Å². The highest BCUT2D eigenvalue weighted by Gasteiger charge is 2.22. The number of aromatic nitrogens is 1. The summed E-state index contributed by atoms with van der Waals surface area (Å²) in [5, 5.41) is 1.02. The van der Waals surface area contributed by atoms with Gasteiger partial charge in [-0.2, -0.15) is 0 Å². The topological polar surface area (TPSA) is 66.3 Å². The number of aromatic amines is 1. The normalized spacial score (nSPS) is 11.0. The Bertz CT molecular complexity index is 1250. The van der Waals surface area contributed by atoms with Gasteiger partial charge in [-0.15, -0.1) is 0 Å². The zero-order valence-electron chi connectivity index (χ0n) is 16.0. The SMILES string of the molecule is Cc1cc2c(CN(C(=O)c3ccc(=O)oc3)c3ccc(F)cc3C)cccc2[nH]1. The van der Waals surface area contributed by atoms with Crippen molar-refractivity contribution in [1.29, 1.82) is 0 Å². The van der Waals surface area contributed by atoms with E-state index < -0.39 is 5.63 Å². The van der Waals surface area contributed by atoms with Gasteiger partial charge in [-0.25, -0.2) is 9.18 Å². The second kappa shape index (κ2) is 7.39. The lowest BCUT2D eigenvalue weighted by Gasteiger charge is -2.25. The number of nitrogens with zero attached hydrogens (tertiary/aromatic N) is 1. The molecule has 0 bridgehead atoms. The summed E-state index contributed by atoms with van der Waals surface area (Å²) in [6.45, 7) is 4.01. The first-order valence-electron chi connectivity index (χ1n) is 9.16. The molecule has 0 atom stereocenters. The van der Waals surface area contributed by atoms with Crippen molar-refractivity contribution in [3.63, 3.8) is 0 Å². The molecule has 1 amide bonds. The third-order valence-electron chi connectivity index (χ3n) is 4.86. The Morgan fingerprint density at radius 3 is 2.66 bits per heavy atom. The zero-order chi connectivity index (χ0) is 20.5. The third-order valence-corrected chi connectivity index (χ3v) is 4.86. The standard InChI is InChI=1S/C23H19FN2O3/c1-14-10-18(24)7-8-21(14)26(23(28)17-6-9-22(27)29-13-17)12-16-4-3-5-20-19(16)11-15(2)25-20/h3-11,13,25H,12H2,1-2H3. The molecule has 29 heavy (non-hydrogen) atoms. The van der Waals surface area contributed by atoms with Gasteiger partial charge in [0.1, 0.15) is 12.1 Å². The molecule has 4 rings (SSSR count). The van der Waals surface area contributed by atoms with Crippen LogP contribution in [-0.4, -0.2) is 10.9 Å². The molecule has 5 nitrogen and oxygen atoms in total. The van der Waals surface area contributed by atoms with Gasteiger partial charge in [0.25, 0.3) is 5.91 Å². The van der Waals surface area contributed by atoms with Gasteiger partial charge in [0, 0.05) is 28.4 Å². The van der Waals surface area contributed by atoms with Crippen LogP contribution in [0, 0.1) is 19.7 Å². The van der Waals surface area contributed by atoms with E-state index in [0.717, 1.165) is 28.4 Å². The van der Waals surface area contributed by atoms with E-state index in [-0.39, 0.29) is 23.8 Å². The predicted molar refractivity (Wildman–Crippen MR) is 110 cm³/mol. The van der Waals surface area contributed by atoms with Gasteiger partial charge in [-0.3, -0.25) is 4.79 Å². The van der Waals surface area contributed by atoms with E-state index in [2.05, 4.69) is 4.98 Å². The lowest BCUT2D eigenvalue weighted by Crippen LogP contribution is -2.31. The maximum absolute atomic E-state index is 13.7. The van der Waals surface area contributed by atoms with Crippen LogP contribution in [0.5, 0.6) is 0 Å². The first-order valence-corrected chi connectivity index (χ1v) is 9.16. The summed E-state index contributed by atoms with van der Waals surface area (Å²) in [6.07, 6.45) is 1.15. The fourth-order valence-corrected chi connectivity index (χ4v) is 3.49. The molecular weight excluding hydrogens is 371 g/mol. The molecule has 0 saturated heterocycles. The van der Waals surface area contributed by atoms with Crippen molar-refractivity contribution in [3.8, 4) is 0 Å². The highest BCUT2D eigenvalue weighted by molar-refractivity contribution is 6.06. The summed E-state index contributed by atoms with van der Waals surface area (Å²) in [4.78, 5) is 29.4. The van der Waals surface area contributed by atoms with Crippen LogP contribution in [0.25, 0.3) is 10.9 Å².